The molecule has 22 heavy (non-hydrogen) atoms. The van der Waals surface area contributed by atoms with E-state index in [0.29, 0.717) is 11.5 Å². The van der Waals surface area contributed by atoms with E-state index >= 15 is 0 Å². The zero-order chi connectivity index (χ0) is 16.3. The lowest BCUT2D eigenvalue weighted by Gasteiger charge is -2.13. The van der Waals surface area contributed by atoms with Gasteiger partial charge in [0, 0.05) is 23.5 Å². The molecule has 1 aromatic carbocycles. The van der Waals surface area contributed by atoms with Crippen molar-refractivity contribution in [2.75, 3.05) is 0 Å². The Balaban J connectivity index is 2.65. The molecule has 3 nitrogen and oxygen atoms in total. The monoisotopic (exact) mass is 298 g/mol. The number of primary amides is 1. The number of carbonyl (C=O) groups excluding carboxylic acids is 1. The van der Waals surface area contributed by atoms with Gasteiger partial charge in [0.25, 0.3) is 5.91 Å². The molecule has 1 aromatic heterocycles. The number of hydrogen-bond acceptors (Lipinski definition) is 1. The third kappa shape index (κ3) is 3.08. The molecule has 0 fully saturated rings. The maximum atomic E-state index is 12.0. The van der Waals surface area contributed by atoms with E-state index in [1.54, 1.807) is 0 Å². The highest BCUT2D eigenvalue weighted by atomic mass is 16.1. The second-order valence-electron chi connectivity index (χ2n) is 6.20. The summed E-state index contributed by atoms with van der Waals surface area (Å²) in [5.41, 5.74) is 10.6. The van der Waals surface area contributed by atoms with Gasteiger partial charge in [-0.25, -0.2) is 0 Å². The third-order valence-corrected chi connectivity index (χ3v) is 4.20. The predicted octanol–water partition coefficient (Wildman–Crippen LogP) is 4.17. The van der Waals surface area contributed by atoms with Crippen molar-refractivity contribution in [3.63, 3.8) is 0 Å². The van der Waals surface area contributed by atoms with Crippen molar-refractivity contribution in [2.24, 2.45) is 11.7 Å². The fourth-order valence-electron chi connectivity index (χ4n) is 3.07. The van der Waals surface area contributed by atoms with Gasteiger partial charge in [0.05, 0.1) is 5.56 Å². The van der Waals surface area contributed by atoms with Crippen molar-refractivity contribution >= 4 is 5.91 Å². The van der Waals surface area contributed by atoms with Crippen LogP contribution in [0.1, 0.15) is 48.9 Å². The molecule has 0 atom stereocenters. The number of hydrogen-bond donors (Lipinski definition) is 1. The second-order valence-corrected chi connectivity index (χ2v) is 6.20. The molecule has 0 bridgehead atoms. The molecule has 1 heterocycles. The van der Waals surface area contributed by atoms with E-state index in [-0.39, 0.29) is 5.91 Å². The Kier molecular flexibility index (Phi) is 5.07. The number of nitrogens with zero attached hydrogens (tertiary/aromatic N) is 1. The number of carbonyl (C=O) groups is 1. The molecule has 2 rings (SSSR count). The normalized spacial score (nSPS) is 11.1. The van der Waals surface area contributed by atoms with E-state index in [2.05, 4.69) is 25.3 Å². The molecule has 3 heteroatoms. The van der Waals surface area contributed by atoms with E-state index < -0.39 is 0 Å². The van der Waals surface area contributed by atoms with Gasteiger partial charge in [0.1, 0.15) is 0 Å². The van der Waals surface area contributed by atoms with Crippen LogP contribution in [0.15, 0.2) is 30.3 Å². The zero-order valence-electron chi connectivity index (χ0n) is 14.0. The molecule has 0 aliphatic heterocycles. The van der Waals surface area contributed by atoms with Crippen LogP contribution >= 0.6 is 0 Å². The van der Waals surface area contributed by atoms with E-state index in [1.807, 2.05) is 37.3 Å². The molecule has 0 unspecified atom stereocenters. The van der Waals surface area contributed by atoms with Crippen molar-refractivity contribution in [1.29, 1.82) is 0 Å². The standard InChI is InChI=1S/C19H26N2O/c1-5-16-18(15-9-7-6-8-10-15)17(19(20)22)14(4)21(16)12-11-13(2)3/h6-10,13H,5,11-12H2,1-4H3,(H2,20,22). The maximum absolute atomic E-state index is 12.0. The fraction of sp³-hybridized carbons (Fsp3) is 0.421. The zero-order valence-corrected chi connectivity index (χ0v) is 14.0. The van der Waals surface area contributed by atoms with Crippen molar-refractivity contribution in [3.8, 4) is 11.1 Å². The van der Waals surface area contributed by atoms with E-state index in [1.165, 1.54) is 5.69 Å². The van der Waals surface area contributed by atoms with Crippen LogP contribution in [-0.2, 0) is 13.0 Å². The molecule has 0 aliphatic rings. The molecular weight excluding hydrogens is 272 g/mol. The van der Waals surface area contributed by atoms with Crippen LogP contribution < -0.4 is 5.73 Å². The number of nitrogens with two attached hydrogens (primary N) is 1. The van der Waals surface area contributed by atoms with Crippen molar-refractivity contribution in [3.05, 3.63) is 47.3 Å². The Hall–Kier alpha value is -2.03. The van der Waals surface area contributed by atoms with Crippen LogP contribution in [0.2, 0.25) is 0 Å². The highest BCUT2D eigenvalue weighted by Crippen LogP contribution is 2.33. The number of aromatic nitrogens is 1. The molecule has 2 N–H and O–H groups in total. The summed E-state index contributed by atoms with van der Waals surface area (Å²) in [6.07, 6.45) is 1.98. The van der Waals surface area contributed by atoms with Gasteiger partial charge in [-0.05, 0) is 31.2 Å². The second kappa shape index (κ2) is 6.82. The summed E-state index contributed by atoms with van der Waals surface area (Å²) in [6, 6.07) is 10.1. The minimum absolute atomic E-state index is 0.339. The molecular formula is C19H26N2O. The maximum Gasteiger partial charge on any atom is 0.251 e. The first kappa shape index (κ1) is 16.3. The highest BCUT2D eigenvalue weighted by Gasteiger charge is 2.23. The highest BCUT2D eigenvalue weighted by molar-refractivity contribution is 6.02. The minimum atomic E-state index is -0.339. The molecule has 0 radical (unpaired) electrons. The van der Waals surface area contributed by atoms with Gasteiger partial charge >= 0.3 is 0 Å². The topological polar surface area (TPSA) is 48.0 Å². The largest absolute Gasteiger partial charge is 0.366 e. The molecule has 0 spiro atoms. The summed E-state index contributed by atoms with van der Waals surface area (Å²) < 4.78 is 2.28. The molecule has 1 amide bonds. The van der Waals surface area contributed by atoms with Crippen LogP contribution in [-0.4, -0.2) is 10.5 Å². The number of benzene rings is 1. The number of rotatable bonds is 6. The van der Waals surface area contributed by atoms with Crippen LogP contribution in [0.5, 0.6) is 0 Å². The summed E-state index contributed by atoms with van der Waals surface area (Å²) >= 11 is 0. The fourth-order valence-corrected chi connectivity index (χ4v) is 3.07. The summed E-state index contributed by atoms with van der Waals surface area (Å²) in [5.74, 6) is 0.290. The first-order chi connectivity index (χ1) is 10.5. The summed E-state index contributed by atoms with van der Waals surface area (Å²) in [5, 5.41) is 0. The lowest BCUT2D eigenvalue weighted by molar-refractivity contribution is 0.1000. The Morgan fingerprint density at radius 1 is 1.23 bits per heavy atom. The van der Waals surface area contributed by atoms with Crippen molar-refractivity contribution < 1.29 is 4.79 Å². The Morgan fingerprint density at radius 2 is 1.86 bits per heavy atom. The average Bonchev–Trinajstić information content (AvgIpc) is 2.78. The van der Waals surface area contributed by atoms with Gasteiger partial charge in [-0.1, -0.05) is 51.1 Å². The molecule has 0 aliphatic carbocycles. The molecule has 2 aromatic rings. The Morgan fingerprint density at radius 3 is 2.36 bits per heavy atom. The van der Waals surface area contributed by atoms with E-state index in [9.17, 15) is 4.79 Å². The van der Waals surface area contributed by atoms with Gasteiger partial charge in [0.2, 0.25) is 0 Å². The first-order valence-corrected chi connectivity index (χ1v) is 8.04. The summed E-state index contributed by atoms with van der Waals surface area (Å²) in [7, 11) is 0. The van der Waals surface area contributed by atoms with Crippen molar-refractivity contribution in [2.45, 2.75) is 47.1 Å². The van der Waals surface area contributed by atoms with Crippen LogP contribution in [0.25, 0.3) is 11.1 Å². The van der Waals surface area contributed by atoms with Gasteiger partial charge in [-0.2, -0.15) is 0 Å². The predicted molar refractivity (Wildman–Crippen MR) is 92.0 cm³/mol. The van der Waals surface area contributed by atoms with Gasteiger partial charge in [0.15, 0.2) is 0 Å². The lowest BCUT2D eigenvalue weighted by Crippen LogP contribution is -2.13. The molecule has 0 saturated heterocycles. The van der Waals surface area contributed by atoms with Gasteiger partial charge in [-0.3, -0.25) is 4.79 Å². The van der Waals surface area contributed by atoms with E-state index in [4.69, 9.17) is 5.73 Å². The van der Waals surface area contributed by atoms with Crippen LogP contribution in [0.4, 0.5) is 0 Å². The van der Waals surface area contributed by atoms with Gasteiger partial charge in [-0.15, -0.1) is 0 Å². The van der Waals surface area contributed by atoms with Crippen LogP contribution in [0.3, 0.4) is 0 Å². The lowest BCUT2D eigenvalue weighted by atomic mass is 9.99. The van der Waals surface area contributed by atoms with E-state index in [0.717, 1.165) is 36.2 Å². The molecule has 118 valence electrons. The van der Waals surface area contributed by atoms with Crippen molar-refractivity contribution in [1.82, 2.24) is 4.57 Å². The quantitative estimate of drug-likeness (QED) is 0.854. The molecule has 0 saturated carbocycles. The SMILES string of the molecule is CCc1c(-c2ccccc2)c(C(N)=O)c(C)n1CCC(C)C. The average molecular weight is 298 g/mol. The Bertz CT molecular complexity index is 654. The summed E-state index contributed by atoms with van der Waals surface area (Å²) in [4.78, 5) is 12.0. The summed E-state index contributed by atoms with van der Waals surface area (Å²) in [6.45, 7) is 9.51. The first-order valence-electron chi connectivity index (χ1n) is 8.04. The Labute approximate surface area is 133 Å². The van der Waals surface area contributed by atoms with Crippen LogP contribution in [0, 0.1) is 12.8 Å². The third-order valence-electron chi connectivity index (χ3n) is 4.20. The minimum Gasteiger partial charge on any atom is -0.366 e. The smallest absolute Gasteiger partial charge is 0.251 e. The van der Waals surface area contributed by atoms with Gasteiger partial charge < -0.3 is 10.3 Å². The number of amides is 1.